The minimum atomic E-state index is -4.36. The summed E-state index contributed by atoms with van der Waals surface area (Å²) < 4.78 is 38.3. The highest BCUT2D eigenvalue weighted by molar-refractivity contribution is 5.28. The molecule has 3 rings (SSSR count). The first kappa shape index (κ1) is 15.5. The Morgan fingerprint density at radius 2 is 2.13 bits per heavy atom. The normalized spacial score (nSPS) is 15.4. The first-order valence-electron chi connectivity index (χ1n) is 7.09. The summed E-state index contributed by atoms with van der Waals surface area (Å²) in [5, 5.41) is 0. The SMILES string of the molecule is Nc1nc2c(c(=O)[nH]1)CN(Cc1cccc(C(F)(F)F)c1)CC2. The number of H-pyrrole nitrogens is 1. The summed E-state index contributed by atoms with van der Waals surface area (Å²) in [5.41, 5.74) is 6.30. The highest BCUT2D eigenvalue weighted by Gasteiger charge is 2.30. The fraction of sp³-hybridized carbons (Fsp3) is 0.333. The van der Waals surface area contributed by atoms with Crippen molar-refractivity contribution in [2.45, 2.75) is 25.7 Å². The van der Waals surface area contributed by atoms with E-state index >= 15 is 0 Å². The Morgan fingerprint density at radius 3 is 2.87 bits per heavy atom. The molecule has 0 fully saturated rings. The highest BCUT2D eigenvalue weighted by atomic mass is 19.4. The minimum Gasteiger partial charge on any atom is -0.369 e. The number of alkyl halides is 3. The summed E-state index contributed by atoms with van der Waals surface area (Å²) in [6.45, 7) is 1.29. The molecule has 0 radical (unpaired) electrons. The molecule has 0 aliphatic carbocycles. The number of nitrogens with one attached hydrogen (secondary N) is 1. The maximum absolute atomic E-state index is 12.8. The molecule has 0 bridgehead atoms. The van der Waals surface area contributed by atoms with Crippen LogP contribution >= 0.6 is 0 Å². The molecule has 0 atom stereocenters. The maximum Gasteiger partial charge on any atom is 0.416 e. The van der Waals surface area contributed by atoms with Crippen molar-refractivity contribution < 1.29 is 13.2 Å². The number of hydrogen-bond acceptors (Lipinski definition) is 4. The average molecular weight is 324 g/mol. The van der Waals surface area contributed by atoms with Gasteiger partial charge in [0, 0.05) is 26.1 Å². The van der Waals surface area contributed by atoms with Gasteiger partial charge in [-0.15, -0.1) is 0 Å². The third-order valence-corrected chi connectivity index (χ3v) is 3.83. The zero-order valence-corrected chi connectivity index (χ0v) is 12.2. The molecular weight excluding hydrogens is 309 g/mol. The molecule has 0 spiro atoms. The number of aromatic amines is 1. The molecule has 0 unspecified atom stereocenters. The summed E-state index contributed by atoms with van der Waals surface area (Å²) in [4.78, 5) is 20.4. The first-order valence-corrected chi connectivity index (χ1v) is 7.09. The van der Waals surface area contributed by atoms with E-state index in [0.717, 1.165) is 12.1 Å². The van der Waals surface area contributed by atoms with E-state index in [1.165, 1.54) is 6.07 Å². The average Bonchev–Trinajstić information content (AvgIpc) is 2.47. The van der Waals surface area contributed by atoms with Gasteiger partial charge >= 0.3 is 6.18 Å². The van der Waals surface area contributed by atoms with Gasteiger partial charge in [-0.2, -0.15) is 13.2 Å². The fourth-order valence-electron chi connectivity index (χ4n) is 2.74. The molecule has 1 aromatic carbocycles. The largest absolute Gasteiger partial charge is 0.416 e. The van der Waals surface area contributed by atoms with Gasteiger partial charge in [-0.1, -0.05) is 18.2 Å². The Morgan fingerprint density at radius 1 is 1.35 bits per heavy atom. The minimum absolute atomic E-state index is 0.0834. The van der Waals surface area contributed by atoms with E-state index < -0.39 is 11.7 Å². The lowest BCUT2D eigenvalue weighted by Gasteiger charge is -2.27. The third kappa shape index (κ3) is 3.37. The first-order chi connectivity index (χ1) is 10.8. The van der Waals surface area contributed by atoms with Gasteiger partial charge in [-0.25, -0.2) is 4.98 Å². The van der Waals surface area contributed by atoms with Crippen LogP contribution < -0.4 is 11.3 Å². The van der Waals surface area contributed by atoms with E-state index in [1.807, 2.05) is 4.90 Å². The van der Waals surface area contributed by atoms with Crippen molar-refractivity contribution in [2.75, 3.05) is 12.3 Å². The van der Waals surface area contributed by atoms with Crippen LogP contribution in [0.5, 0.6) is 0 Å². The van der Waals surface area contributed by atoms with Gasteiger partial charge in [0.25, 0.3) is 5.56 Å². The van der Waals surface area contributed by atoms with Crippen molar-refractivity contribution >= 4 is 5.95 Å². The van der Waals surface area contributed by atoms with Crippen LogP contribution in [0.2, 0.25) is 0 Å². The van der Waals surface area contributed by atoms with Crippen LogP contribution in [-0.4, -0.2) is 21.4 Å². The van der Waals surface area contributed by atoms with Crippen molar-refractivity contribution in [1.29, 1.82) is 0 Å². The van der Waals surface area contributed by atoms with Gasteiger partial charge < -0.3 is 5.73 Å². The number of aromatic nitrogens is 2. The molecule has 1 aromatic heterocycles. The number of nitrogens with zero attached hydrogens (tertiary/aromatic N) is 2. The predicted octanol–water partition coefficient (Wildman–Crippen LogP) is 1.93. The fourth-order valence-corrected chi connectivity index (χ4v) is 2.74. The van der Waals surface area contributed by atoms with E-state index in [2.05, 4.69) is 9.97 Å². The van der Waals surface area contributed by atoms with Crippen molar-refractivity contribution in [2.24, 2.45) is 0 Å². The van der Waals surface area contributed by atoms with Crippen molar-refractivity contribution in [3.63, 3.8) is 0 Å². The van der Waals surface area contributed by atoms with Crippen LogP contribution in [0, 0.1) is 0 Å². The van der Waals surface area contributed by atoms with Crippen molar-refractivity contribution in [3.05, 3.63) is 57.0 Å². The van der Waals surface area contributed by atoms with Gasteiger partial charge in [0.05, 0.1) is 16.8 Å². The lowest BCUT2D eigenvalue weighted by Crippen LogP contribution is -2.35. The predicted molar refractivity (Wildman–Crippen MR) is 78.5 cm³/mol. The molecule has 122 valence electrons. The van der Waals surface area contributed by atoms with Gasteiger partial charge in [-0.3, -0.25) is 14.7 Å². The molecule has 5 nitrogen and oxygen atoms in total. The van der Waals surface area contributed by atoms with Gasteiger partial charge in [0.2, 0.25) is 5.95 Å². The van der Waals surface area contributed by atoms with E-state index in [4.69, 9.17) is 5.73 Å². The van der Waals surface area contributed by atoms with E-state index in [-0.39, 0.29) is 11.5 Å². The number of rotatable bonds is 2. The Balaban J connectivity index is 1.79. The molecule has 8 heteroatoms. The number of nitrogen functional groups attached to an aromatic ring is 1. The summed E-state index contributed by atoms with van der Waals surface area (Å²) in [6, 6.07) is 5.23. The second-order valence-corrected chi connectivity index (χ2v) is 5.54. The number of benzene rings is 1. The Hall–Kier alpha value is -2.35. The number of fused-ring (bicyclic) bond motifs is 1. The monoisotopic (exact) mass is 324 g/mol. The Bertz CT molecular complexity index is 785. The van der Waals surface area contributed by atoms with Gasteiger partial charge in [-0.05, 0) is 11.6 Å². The highest BCUT2D eigenvalue weighted by Crippen LogP contribution is 2.30. The number of hydrogen-bond donors (Lipinski definition) is 2. The molecular formula is C15H15F3N4O. The molecule has 2 aromatic rings. The molecule has 0 saturated carbocycles. The lowest BCUT2D eigenvalue weighted by molar-refractivity contribution is -0.137. The zero-order chi connectivity index (χ0) is 16.6. The number of halogens is 3. The quantitative estimate of drug-likeness (QED) is 0.885. The van der Waals surface area contributed by atoms with Crippen LogP contribution in [0.1, 0.15) is 22.4 Å². The molecule has 0 saturated heterocycles. The summed E-state index contributed by atoms with van der Waals surface area (Å²) >= 11 is 0. The molecule has 0 amide bonds. The van der Waals surface area contributed by atoms with Gasteiger partial charge in [0.15, 0.2) is 0 Å². The summed E-state index contributed by atoms with van der Waals surface area (Å²) in [6.07, 6.45) is -3.81. The maximum atomic E-state index is 12.8. The van der Waals surface area contributed by atoms with E-state index in [1.54, 1.807) is 6.07 Å². The summed E-state index contributed by atoms with van der Waals surface area (Å²) in [5.74, 6) is 0.0834. The Kier molecular flexibility index (Phi) is 3.85. The molecule has 1 aliphatic heterocycles. The van der Waals surface area contributed by atoms with Crippen LogP contribution in [0.3, 0.4) is 0 Å². The summed E-state index contributed by atoms with van der Waals surface area (Å²) in [7, 11) is 0. The standard InChI is InChI=1S/C15H15F3N4O/c16-15(17,18)10-3-1-2-9(6-10)7-22-5-4-12-11(8-22)13(23)21-14(19)20-12/h1-3,6H,4-5,7-8H2,(H3,19,20,21,23). The molecule has 2 heterocycles. The third-order valence-electron chi connectivity index (χ3n) is 3.83. The Labute approximate surface area is 130 Å². The second-order valence-electron chi connectivity index (χ2n) is 5.54. The van der Waals surface area contributed by atoms with Crippen LogP contribution in [-0.2, 0) is 25.7 Å². The smallest absolute Gasteiger partial charge is 0.369 e. The van der Waals surface area contributed by atoms with Crippen LogP contribution in [0.4, 0.5) is 19.1 Å². The second kappa shape index (κ2) is 5.69. The lowest BCUT2D eigenvalue weighted by atomic mass is 10.1. The molecule has 1 aliphatic rings. The van der Waals surface area contributed by atoms with Crippen molar-refractivity contribution in [1.82, 2.24) is 14.9 Å². The molecule has 3 N–H and O–H groups in total. The number of anilines is 1. The van der Waals surface area contributed by atoms with Crippen molar-refractivity contribution in [3.8, 4) is 0 Å². The van der Waals surface area contributed by atoms with Gasteiger partial charge in [0.1, 0.15) is 0 Å². The van der Waals surface area contributed by atoms with E-state index in [9.17, 15) is 18.0 Å². The zero-order valence-electron chi connectivity index (χ0n) is 12.2. The number of nitrogens with two attached hydrogens (primary N) is 1. The van der Waals surface area contributed by atoms with Crippen LogP contribution in [0.25, 0.3) is 0 Å². The molecule has 23 heavy (non-hydrogen) atoms. The van der Waals surface area contributed by atoms with E-state index in [0.29, 0.717) is 42.9 Å². The van der Waals surface area contributed by atoms with Crippen LogP contribution in [0.15, 0.2) is 29.1 Å². The topological polar surface area (TPSA) is 75.0 Å².